The molecule has 0 radical (unpaired) electrons. The fraction of sp³-hybridized carbons (Fsp3) is 0.455. The molecular formula is C11H16BrNO. The molecule has 3 heteroatoms. The van der Waals surface area contributed by atoms with Crippen molar-refractivity contribution in [2.75, 3.05) is 13.2 Å². The van der Waals surface area contributed by atoms with E-state index in [1.807, 2.05) is 18.2 Å². The van der Waals surface area contributed by atoms with Gasteiger partial charge in [-0.15, -0.1) is 0 Å². The summed E-state index contributed by atoms with van der Waals surface area (Å²) in [5.74, 6) is 0.428. The van der Waals surface area contributed by atoms with E-state index in [-0.39, 0.29) is 0 Å². The number of nitrogens with two attached hydrogens (primary N) is 1. The lowest BCUT2D eigenvalue weighted by Gasteiger charge is -2.10. The molecule has 1 aromatic carbocycles. The zero-order valence-electron chi connectivity index (χ0n) is 8.37. The molecule has 0 saturated heterocycles. The predicted molar refractivity (Wildman–Crippen MR) is 62.0 cm³/mol. The molecule has 14 heavy (non-hydrogen) atoms. The SMILES string of the molecule is CC(CN)COCc1ccccc1Br. The second kappa shape index (κ2) is 6.17. The molecule has 2 nitrogen and oxygen atoms in total. The third-order valence-corrected chi connectivity index (χ3v) is 2.79. The highest BCUT2D eigenvalue weighted by atomic mass is 79.9. The van der Waals surface area contributed by atoms with Crippen molar-refractivity contribution < 1.29 is 4.74 Å². The fourth-order valence-electron chi connectivity index (χ4n) is 1.05. The second-order valence-corrected chi connectivity index (χ2v) is 4.30. The molecule has 0 bridgehead atoms. The first-order valence-corrected chi connectivity index (χ1v) is 5.54. The van der Waals surface area contributed by atoms with Crippen molar-refractivity contribution in [3.63, 3.8) is 0 Å². The lowest BCUT2D eigenvalue weighted by atomic mass is 10.2. The van der Waals surface area contributed by atoms with Gasteiger partial charge in [0.2, 0.25) is 0 Å². The average Bonchev–Trinajstić information content (AvgIpc) is 2.20. The molecule has 0 saturated carbocycles. The van der Waals surface area contributed by atoms with Gasteiger partial charge < -0.3 is 10.5 Å². The molecule has 0 spiro atoms. The highest BCUT2D eigenvalue weighted by Gasteiger charge is 2.01. The van der Waals surface area contributed by atoms with Crippen LogP contribution in [-0.4, -0.2) is 13.2 Å². The molecule has 0 aliphatic rings. The summed E-state index contributed by atoms with van der Waals surface area (Å²) in [6.07, 6.45) is 0. The quantitative estimate of drug-likeness (QED) is 0.880. The van der Waals surface area contributed by atoms with Gasteiger partial charge in [0.25, 0.3) is 0 Å². The van der Waals surface area contributed by atoms with E-state index in [9.17, 15) is 0 Å². The van der Waals surface area contributed by atoms with Gasteiger partial charge in [-0.3, -0.25) is 0 Å². The summed E-state index contributed by atoms with van der Waals surface area (Å²) in [5.41, 5.74) is 6.67. The Hall–Kier alpha value is -0.380. The standard InChI is InChI=1S/C11H16BrNO/c1-9(6-13)7-14-8-10-4-2-3-5-11(10)12/h2-5,9H,6-8,13H2,1H3. The maximum atomic E-state index is 5.54. The van der Waals surface area contributed by atoms with Gasteiger partial charge >= 0.3 is 0 Å². The summed E-state index contributed by atoms with van der Waals surface area (Å²) in [6.45, 7) is 4.12. The Labute approximate surface area is 93.6 Å². The van der Waals surface area contributed by atoms with Crippen molar-refractivity contribution in [1.29, 1.82) is 0 Å². The average molecular weight is 258 g/mol. The van der Waals surface area contributed by atoms with Crippen LogP contribution in [0.5, 0.6) is 0 Å². The van der Waals surface area contributed by atoms with Gasteiger partial charge in [0, 0.05) is 4.47 Å². The van der Waals surface area contributed by atoms with E-state index in [1.54, 1.807) is 0 Å². The molecular weight excluding hydrogens is 242 g/mol. The molecule has 0 aliphatic heterocycles. The van der Waals surface area contributed by atoms with E-state index in [1.165, 1.54) is 5.56 Å². The number of halogens is 1. The molecule has 0 heterocycles. The molecule has 2 N–H and O–H groups in total. The van der Waals surface area contributed by atoms with Crippen LogP contribution < -0.4 is 5.73 Å². The molecule has 0 aromatic heterocycles. The third kappa shape index (κ3) is 3.78. The first kappa shape index (κ1) is 11.7. The predicted octanol–water partition coefficient (Wildman–Crippen LogP) is 2.56. The van der Waals surface area contributed by atoms with Crippen LogP contribution in [0.2, 0.25) is 0 Å². The lowest BCUT2D eigenvalue weighted by Crippen LogP contribution is -2.16. The first-order chi connectivity index (χ1) is 6.74. The molecule has 78 valence electrons. The normalized spacial score (nSPS) is 12.8. The van der Waals surface area contributed by atoms with Crippen LogP contribution in [-0.2, 0) is 11.3 Å². The molecule has 0 aliphatic carbocycles. The van der Waals surface area contributed by atoms with Crippen molar-refractivity contribution >= 4 is 15.9 Å². The summed E-state index contributed by atoms with van der Waals surface area (Å²) >= 11 is 3.48. The highest BCUT2D eigenvalue weighted by Crippen LogP contribution is 2.16. The van der Waals surface area contributed by atoms with E-state index in [2.05, 4.69) is 28.9 Å². The summed E-state index contributed by atoms with van der Waals surface area (Å²) in [4.78, 5) is 0. The first-order valence-electron chi connectivity index (χ1n) is 4.75. The second-order valence-electron chi connectivity index (χ2n) is 3.45. The van der Waals surface area contributed by atoms with E-state index < -0.39 is 0 Å². The van der Waals surface area contributed by atoms with Crippen molar-refractivity contribution in [2.24, 2.45) is 11.7 Å². The Morgan fingerprint density at radius 1 is 1.43 bits per heavy atom. The summed E-state index contributed by atoms with van der Waals surface area (Å²) < 4.78 is 6.64. The molecule has 1 aromatic rings. The zero-order chi connectivity index (χ0) is 10.4. The van der Waals surface area contributed by atoms with Gasteiger partial charge in [-0.2, -0.15) is 0 Å². The smallest absolute Gasteiger partial charge is 0.0727 e. The monoisotopic (exact) mass is 257 g/mol. The van der Waals surface area contributed by atoms with Crippen LogP contribution in [0.4, 0.5) is 0 Å². The number of benzene rings is 1. The Morgan fingerprint density at radius 2 is 2.14 bits per heavy atom. The molecule has 1 rings (SSSR count). The van der Waals surface area contributed by atoms with Gasteiger partial charge in [-0.1, -0.05) is 41.1 Å². The third-order valence-electron chi connectivity index (χ3n) is 2.02. The van der Waals surface area contributed by atoms with Gasteiger partial charge in [0.15, 0.2) is 0 Å². The minimum absolute atomic E-state index is 0.428. The van der Waals surface area contributed by atoms with Crippen molar-refractivity contribution in [3.8, 4) is 0 Å². The van der Waals surface area contributed by atoms with Crippen LogP contribution in [0, 0.1) is 5.92 Å². The van der Waals surface area contributed by atoms with Crippen molar-refractivity contribution in [3.05, 3.63) is 34.3 Å². The Balaban J connectivity index is 2.35. The maximum absolute atomic E-state index is 5.54. The minimum atomic E-state index is 0.428. The zero-order valence-corrected chi connectivity index (χ0v) is 9.96. The summed E-state index contributed by atoms with van der Waals surface area (Å²) in [6, 6.07) is 8.08. The van der Waals surface area contributed by atoms with Gasteiger partial charge in [-0.05, 0) is 24.1 Å². The van der Waals surface area contributed by atoms with E-state index >= 15 is 0 Å². The molecule has 1 unspecified atom stereocenters. The van der Waals surface area contributed by atoms with Crippen LogP contribution in [0.3, 0.4) is 0 Å². The Bertz CT molecular complexity index is 278. The Kier molecular flexibility index (Phi) is 5.15. The Morgan fingerprint density at radius 3 is 2.79 bits per heavy atom. The maximum Gasteiger partial charge on any atom is 0.0727 e. The lowest BCUT2D eigenvalue weighted by molar-refractivity contribution is 0.0940. The van der Waals surface area contributed by atoms with Gasteiger partial charge in [0.05, 0.1) is 13.2 Å². The molecule has 0 fully saturated rings. The van der Waals surface area contributed by atoms with Crippen LogP contribution in [0.1, 0.15) is 12.5 Å². The van der Waals surface area contributed by atoms with Crippen molar-refractivity contribution in [2.45, 2.75) is 13.5 Å². The largest absolute Gasteiger partial charge is 0.376 e. The van der Waals surface area contributed by atoms with Gasteiger partial charge in [-0.25, -0.2) is 0 Å². The van der Waals surface area contributed by atoms with Crippen LogP contribution in [0.25, 0.3) is 0 Å². The topological polar surface area (TPSA) is 35.2 Å². The van der Waals surface area contributed by atoms with Gasteiger partial charge in [0.1, 0.15) is 0 Å². The summed E-state index contributed by atoms with van der Waals surface area (Å²) in [5, 5.41) is 0. The van der Waals surface area contributed by atoms with E-state index in [0.29, 0.717) is 19.1 Å². The highest BCUT2D eigenvalue weighted by molar-refractivity contribution is 9.10. The van der Waals surface area contributed by atoms with Crippen LogP contribution >= 0.6 is 15.9 Å². The number of hydrogen-bond donors (Lipinski definition) is 1. The number of hydrogen-bond acceptors (Lipinski definition) is 2. The minimum Gasteiger partial charge on any atom is -0.376 e. The number of ether oxygens (including phenoxy) is 1. The summed E-state index contributed by atoms with van der Waals surface area (Å²) in [7, 11) is 0. The van der Waals surface area contributed by atoms with E-state index in [4.69, 9.17) is 10.5 Å². The molecule has 1 atom stereocenters. The number of rotatable bonds is 5. The van der Waals surface area contributed by atoms with E-state index in [0.717, 1.165) is 11.1 Å². The fourth-order valence-corrected chi connectivity index (χ4v) is 1.45. The van der Waals surface area contributed by atoms with Crippen LogP contribution in [0.15, 0.2) is 28.7 Å². The van der Waals surface area contributed by atoms with Crippen molar-refractivity contribution in [1.82, 2.24) is 0 Å². The molecule has 0 amide bonds.